The van der Waals surface area contributed by atoms with Gasteiger partial charge < -0.3 is 14.6 Å². The normalized spacial score (nSPS) is 24.2. The predicted molar refractivity (Wildman–Crippen MR) is 80.8 cm³/mol. The molecule has 0 saturated carbocycles. The van der Waals surface area contributed by atoms with E-state index < -0.39 is 0 Å². The summed E-state index contributed by atoms with van der Waals surface area (Å²) in [7, 11) is 0. The molecule has 0 bridgehead atoms. The van der Waals surface area contributed by atoms with Crippen LogP contribution in [0.5, 0.6) is 5.75 Å². The van der Waals surface area contributed by atoms with E-state index in [4.69, 9.17) is 9.72 Å². The van der Waals surface area contributed by atoms with Crippen LogP contribution in [-0.2, 0) is 6.54 Å². The lowest BCUT2D eigenvalue weighted by Gasteiger charge is -2.18. The molecule has 2 aliphatic heterocycles. The molecule has 0 saturated heterocycles. The van der Waals surface area contributed by atoms with Crippen LogP contribution in [0.25, 0.3) is 11.0 Å². The highest BCUT2D eigenvalue weighted by atomic mass is 16.5. The van der Waals surface area contributed by atoms with Crippen LogP contribution < -0.4 is 10.1 Å². The third-order valence-electron chi connectivity index (χ3n) is 5.03. The minimum absolute atomic E-state index is 0.247. The summed E-state index contributed by atoms with van der Waals surface area (Å²) in [5.41, 5.74) is 6.30. The third kappa shape index (κ3) is 1.34. The van der Waals surface area contributed by atoms with Gasteiger partial charge in [0.05, 0.1) is 11.0 Å². The first-order valence-electron chi connectivity index (χ1n) is 7.53. The van der Waals surface area contributed by atoms with E-state index in [2.05, 4.69) is 37.6 Å². The molecule has 2 unspecified atom stereocenters. The summed E-state index contributed by atoms with van der Waals surface area (Å²) in [6.45, 7) is 10.8. The van der Waals surface area contributed by atoms with E-state index in [1.54, 1.807) is 0 Å². The molecule has 0 radical (unpaired) electrons. The summed E-state index contributed by atoms with van der Waals surface area (Å²) >= 11 is 0. The SMILES string of the molecule is Cc1c2c(c3c(nc4n3CCCN4)c1C)C(C)C(C)O2. The standard InChI is InChI=1S/C16H21N3O/c1-8-9(2)15-12(10(3)11(4)20-15)14-13(8)18-16-17-6-5-7-19(14)16/h10-11H,5-7H2,1-4H3,(H,17,18). The molecular weight excluding hydrogens is 250 g/mol. The van der Waals surface area contributed by atoms with E-state index in [0.717, 1.165) is 36.7 Å². The van der Waals surface area contributed by atoms with Crippen LogP contribution >= 0.6 is 0 Å². The molecule has 3 heterocycles. The van der Waals surface area contributed by atoms with E-state index in [1.165, 1.54) is 22.2 Å². The number of nitrogens with one attached hydrogen (secondary N) is 1. The maximum absolute atomic E-state index is 6.14. The Kier molecular flexibility index (Phi) is 2.35. The smallest absolute Gasteiger partial charge is 0.203 e. The highest BCUT2D eigenvalue weighted by Crippen LogP contribution is 2.47. The molecule has 4 heteroatoms. The fraction of sp³-hybridized carbons (Fsp3) is 0.562. The van der Waals surface area contributed by atoms with Crippen molar-refractivity contribution in [2.24, 2.45) is 0 Å². The zero-order chi connectivity index (χ0) is 14.0. The molecule has 1 aromatic carbocycles. The average molecular weight is 271 g/mol. The van der Waals surface area contributed by atoms with Gasteiger partial charge in [-0.05, 0) is 38.3 Å². The zero-order valence-electron chi connectivity index (χ0n) is 12.6. The van der Waals surface area contributed by atoms with Gasteiger partial charge in [-0.25, -0.2) is 4.98 Å². The second-order valence-corrected chi connectivity index (χ2v) is 6.17. The summed E-state index contributed by atoms with van der Waals surface area (Å²) in [4.78, 5) is 4.85. The van der Waals surface area contributed by atoms with Gasteiger partial charge in [0.15, 0.2) is 0 Å². The van der Waals surface area contributed by atoms with Gasteiger partial charge in [0.25, 0.3) is 0 Å². The van der Waals surface area contributed by atoms with Gasteiger partial charge >= 0.3 is 0 Å². The molecular formula is C16H21N3O. The molecule has 4 nitrogen and oxygen atoms in total. The van der Waals surface area contributed by atoms with Gasteiger partial charge in [-0.15, -0.1) is 0 Å². The Bertz CT molecular complexity index is 717. The Morgan fingerprint density at radius 1 is 1.25 bits per heavy atom. The lowest BCUT2D eigenvalue weighted by atomic mass is 9.93. The first kappa shape index (κ1) is 12.1. The van der Waals surface area contributed by atoms with Crippen LogP contribution in [0.1, 0.15) is 42.9 Å². The van der Waals surface area contributed by atoms with Crippen molar-refractivity contribution >= 4 is 17.0 Å². The Morgan fingerprint density at radius 2 is 2.05 bits per heavy atom. The van der Waals surface area contributed by atoms with Crippen molar-refractivity contribution in [3.8, 4) is 5.75 Å². The Morgan fingerprint density at radius 3 is 2.85 bits per heavy atom. The number of nitrogens with zero attached hydrogens (tertiary/aromatic N) is 2. The fourth-order valence-corrected chi connectivity index (χ4v) is 3.53. The summed E-state index contributed by atoms with van der Waals surface area (Å²) in [6.07, 6.45) is 1.40. The second kappa shape index (κ2) is 3.90. The molecule has 0 fully saturated rings. The number of hydrogen-bond donors (Lipinski definition) is 1. The maximum atomic E-state index is 6.14. The lowest BCUT2D eigenvalue weighted by molar-refractivity contribution is 0.231. The highest BCUT2D eigenvalue weighted by molar-refractivity contribution is 5.90. The van der Waals surface area contributed by atoms with E-state index in [1.807, 2.05) is 0 Å². The predicted octanol–water partition coefficient (Wildman–Crippen LogP) is 3.35. The highest BCUT2D eigenvalue weighted by Gasteiger charge is 2.34. The molecule has 2 atom stereocenters. The number of fused-ring (bicyclic) bond motifs is 5. The molecule has 2 aliphatic rings. The third-order valence-corrected chi connectivity index (χ3v) is 5.03. The maximum Gasteiger partial charge on any atom is 0.203 e. The molecule has 106 valence electrons. The molecule has 2 aromatic rings. The number of aryl methyl sites for hydroxylation is 2. The molecule has 0 amide bonds. The van der Waals surface area contributed by atoms with Crippen molar-refractivity contribution in [1.82, 2.24) is 9.55 Å². The number of imidazole rings is 1. The van der Waals surface area contributed by atoms with Crippen molar-refractivity contribution < 1.29 is 4.74 Å². The van der Waals surface area contributed by atoms with E-state index >= 15 is 0 Å². The molecule has 4 rings (SSSR count). The Balaban J connectivity index is 2.14. The van der Waals surface area contributed by atoms with Crippen LogP contribution in [-0.4, -0.2) is 22.2 Å². The topological polar surface area (TPSA) is 39.1 Å². The van der Waals surface area contributed by atoms with Crippen LogP contribution in [0, 0.1) is 13.8 Å². The zero-order valence-corrected chi connectivity index (χ0v) is 12.6. The summed E-state index contributed by atoms with van der Waals surface area (Å²) in [5, 5.41) is 3.43. The number of hydrogen-bond acceptors (Lipinski definition) is 3. The van der Waals surface area contributed by atoms with Crippen molar-refractivity contribution in [2.45, 2.75) is 52.7 Å². The number of anilines is 1. The van der Waals surface area contributed by atoms with Gasteiger partial charge in [0.1, 0.15) is 11.9 Å². The van der Waals surface area contributed by atoms with Crippen LogP contribution in [0.15, 0.2) is 0 Å². The quantitative estimate of drug-likeness (QED) is 0.798. The van der Waals surface area contributed by atoms with Crippen LogP contribution in [0.3, 0.4) is 0 Å². The average Bonchev–Trinajstić information content (AvgIpc) is 2.96. The van der Waals surface area contributed by atoms with Crippen LogP contribution in [0.2, 0.25) is 0 Å². The number of benzene rings is 1. The first-order valence-corrected chi connectivity index (χ1v) is 7.53. The molecule has 0 spiro atoms. The van der Waals surface area contributed by atoms with Crippen molar-refractivity contribution in [1.29, 1.82) is 0 Å². The minimum Gasteiger partial charge on any atom is -0.489 e. The van der Waals surface area contributed by atoms with Crippen LogP contribution in [0.4, 0.5) is 5.95 Å². The Labute approximate surface area is 119 Å². The minimum atomic E-state index is 0.247. The largest absolute Gasteiger partial charge is 0.489 e. The summed E-state index contributed by atoms with van der Waals surface area (Å²) in [6, 6.07) is 0. The van der Waals surface area contributed by atoms with E-state index in [0.29, 0.717) is 5.92 Å². The summed E-state index contributed by atoms with van der Waals surface area (Å²) < 4.78 is 8.49. The number of ether oxygens (including phenoxy) is 1. The lowest BCUT2D eigenvalue weighted by Crippen LogP contribution is -2.17. The second-order valence-electron chi connectivity index (χ2n) is 6.17. The van der Waals surface area contributed by atoms with Crippen molar-refractivity contribution in [2.75, 3.05) is 11.9 Å². The molecule has 1 aromatic heterocycles. The summed E-state index contributed by atoms with van der Waals surface area (Å²) in [5.74, 6) is 2.55. The first-order chi connectivity index (χ1) is 9.59. The van der Waals surface area contributed by atoms with Crippen molar-refractivity contribution in [3.05, 3.63) is 16.7 Å². The van der Waals surface area contributed by atoms with Gasteiger partial charge in [0.2, 0.25) is 5.95 Å². The molecule has 0 aliphatic carbocycles. The van der Waals surface area contributed by atoms with Gasteiger partial charge in [-0.2, -0.15) is 0 Å². The Hall–Kier alpha value is -1.71. The number of rotatable bonds is 0. The molecule has 1 N–H and O–H groups in total. The van der Waals surface area contributed by atoms with E-state index in [9.17, 15) is 0 Å². The molecule has 20 heavy (non-hydrogen) atoms. The van der Waals surface area contributed by atoms with Gasteiger partial charge in [-0.3, -0.25) is 0 Å². The van der Waals surface area contributed by atoms with Gasteiger partial charge in [0, 0.05) is 24.6 Å². The van der Waals surface area contributed by atoms with Gasteiger partial charge in [-0.1, -0.05) is 6.92 Å². The van der Waals surface area contributed by atoms with Crippen molar-refractivity contribution in [3.63, 3.8) is 0 Å². The van der Waals surface area contributed by atoms with E-state index in [-0.39, 0.29) is 6.10 Å². The number of aromatic nitrogens is 2. The monoisotopic (exact) mass is 271 g/mol. The fourth-order valence-electron chi connectivity index (χ4n) is 3.53.